The average Bonchev–Trinajstić information content (AvgIpc) is 2.36. The lowest BCUT2D eigenvalue weighted by molar-refractivity contribution is 0.0697. The van der Waals surface area contributed by atoms with Crippen LogP contribution in [0, 0.1) is 6.92 Å². The molecule has 98 valence electrons. The van der Waals surface area contributed by atoms with Gasteiger partial charge in [0, 0.05) is 10.7 Å². The molecule has 0 saturated carbocycles. The molecule has 0 unspecified atom stereocenters. The molecule has 2 rings (SSSR count). The zero-order chi connectivity index (χ0) is 14.0. The highest BCUT2D eigenvalue weighted by atomic mass is 79.9. The van der Waals surface area contributed by atoms with Crippen molar-refractivity contribution in [2.75, 3.05) is 5.73 Å². The number of nitrogen functional groups attached to an aromatic ring is 1. The third-order valence-electron chi connectivity index (χ3n) is 2.54. The Labute approximate surface area is 118 Å². The van der Waals surface area contributed by atoms with Crippen LogP contribution in [0.3, 0.4) is 0 Å². The van der Waals surface area contributed by atoms with E-state index in [1.165, 1.54) is 12.3 Å². The van der Waals surface area contributed by atoms with Crippen molar-refractivity contribution >= 4 is 27.6 Å². The Morgan fingerprint density at radius 3 is 2.84 bits per heavy atom. The standard InChI is InChI=1S/C13H11BrN2O3/c1-7-2-3-8(14)6-10(7)19-12-11(15)9(13(17)18)4-5-16-12/h2-6H,15H2,1H3,(H,17,18). The van der Waals surface area contributed by atoms with Crippen LogP contribution in [0.2, 0.25) is 0 Å². The van der Waals surface area contributed by atoms with E-state index in [1.807, 2.05) is 19.1 Å². The quantitative estimate of drug-likeness (QED) is 0.906. The number of anilines is 1. The molecule has 0 spiro atoms. The predicted octanol–water partition coefficient (Wildman–Crippen LogP) is 3.23. The predicted molar refractivity (Wildman–Crippen MR) is 74.6 cm³/mol. The maximum Gasteiger partial charge on any atom is 0.338 e. The Bertz CT molecular complexity index is 644. The number of nitrogens with zero attached hydrogens (tertiary/aromatic N) is 1. The number of carbonyl (C=O) groups is 1. The number of aromatic nitrogens is 1. The van der Waals surface area contributed by atoms with Crippen molar-refractivity contribution in [3.05, 3.63) is 46.1 Å². The van der Waals surface area contributed by atoms with Gasteiger partial charge in [0.15, 0.2) is 0 Å². The summed E-state index contributed by atoms with van der Waals surface area (Å²) in [5.41, 5.74) is 6.61. The average molecular weight is 323 g/mol. The second-order valence-corrected chi connectivity index (χ2v) is 4.81. The van der Waals surface area contributed by atoms with Gasteiger partial charge in [-0.25, -0.2) is 9.78 Å². The molecule has 3 N–H and O–H groups in total. The van der Waals surface area contributed by atoms with Crippen LogP contribution in [0.25, 0.3) is 0 Å². The number of halogens is 1. The Balaban J connectivity index is 2.41. The molecule has 0 fully saturated rings. The number of aryl methyl sites for hydroxylation is 1. The van der Waals surface area contributed by atoms with E-state index in [1.54, 1.807) is 6.07 Å². The summed E-state index contributed by atoms with van der Waals surface area (Å²) < 4.78 is 6.43. The van der Waals surface area contributed by atoms with Crippen LogP contribution < -0.4 is 10.5 Å². The lowest BCUT2D eigenvalue weighted by Gasteiger charge is -2.11. The minimum Gasteiger partial charge on any atom is -0.478 e. The van der Waals surface area contributed by atoms with Gasteiger partial charge < -0.3 is 15.6 Å². The fraction of sp³-hybridized carbons (Fsp3) is 0.0769. The van der Waals surface area contributed by atoms with Crippen LogP contribution in [0.5, 0.6) is 11.6 Å². The van der Waals surface area contributed by atoms with Gasteiger partial charge in [0.05, 0.1) is 5.56 Å². The van der Waals surface area contributed by atoms with Crippen molar-refractivity contribution in [2.24, 2.45) is 0 Å². The topological polar surface area (TPSA) is 85.4 Å². The van der Waals surface area contributed by atoms with Crippen molar-refractivity contribution in [3.63, 3.8) is 0 Å². The first-order valence-electron chi connectivity index (χ1n) is 5.41. The Kier molecular flexibility index (Phi) is 3.71. The summed E-state index contributed by atoms with van der Waals surface area (Å²) in [6, 6.07) is 6.85. The number of hydrogen-bond donors (Lipinski definition) is 2. The van der Waals surface area contributed by atoms with E-state index in [2.05, 4.69) is 20.9 Å². The molecule has 1 heterocycles. The van der Waals surface area contributed by atoms with E-state index in [0.29, 0.717) is 5.75 Å². The van der Waals surface area contributed by atoms with Gasteiger partial charge in [-0.2, -0.15) is 0 Å². The second-order valence-electron chi connectivity index (χ2n) is 3.89. The normalized spacial score (nSPS) is 10.2. The highest BCUT2D eigenvalue weighted by Crippen LogP contribution is 2.31. The van der Waals surface area contributed by atoms with Crippen LogP contribution in [-0.4, -0.2) is 16.1 Å². The van der Waals surface area contributed by atoms with Crippen molar-refractivity contribution in [3.8, 4) is 11.6 Å². The first kappa shape index (κ1) is 13.4. The van der Waals surface area contributed by atoms with Gasteiger partial charge in [0.25, 0.3) is 0 Å². The highest BCUT2D eigenvalue weighted by Gasteiger charge is 2.14. The largest absolute Gasteiger partial charge is 0.478 e. The van der Waals surface area contributed by atoms with Crippen molar-refractivity contribution in [2.45, 2.75) is 6.92 Å². The van der Waals surface area contributed by atoms with Gasteiger partial charge in [0.1, 0.15) is 11.4 Å². The van der Waals surface area contributed by atoms with Gasteiger partial charge >= 0.3 is 5.97 Å². The van der Waals surface area contributed by atoms with Crippen LogP contribution >= 0.6 is 15.9 Å². The molecule has 0 radical (unpaired) electrons. The number of nitrogens with two attached hydrogens (primary N) is 1. The third kappa shape index (κ3) is 2.85. The number of ether oxygens (including phenoxy) is 1. The minimum absolute atomic E-state index is 0.00868. The molecule has 0 aliphatic carbocycles. The molecule has 0 aliphatic heterocycles. The smallest absolute Gasteiger partial charge is 0.338 e. The Morgan fingerprint density at radius 2 is 2.16 bits per heavy atom. The highest BCUT2D eigenvalue weighted by molar-refractivity contribution is 9.10. The molecule has 0 atom stereocenters. The summed E-state index contributed by atoms with van der Waals surface area (Å²) in [6.07, 6.45) is 1.35. The summed E-state index contributed by atoms with van der Waals surface area (Å²) in [6.45, 7) is 1.87. The molecule has 0 saturated heterocycles. The lowest BCUT2D eigenvalue weighted by atomic mass is 10.2. The van der Waals surface area contributed by atoms with E-state index in [-0.39, 0.29) is 17.1 Å². The number of pyridine rings is 1. The van der Waals surface area contributed by atoms with Gasteiger partial charge in [0.2, 0.25) is 5.88 Å². The molecule has 0 bridgehead atoms. The molecule has 5 nitrogen and oxygen atoms in total. The Morgan fingerprint density at radius 1 is 1.42 bits per heavy atom. The summed E-state index contributed by atoms with van der Waals surface area (Å²) in [7, 11) is 0. The van der Waals surface area contributed by atoms with E-state index in [9.17, 15) is 4.79 Å². The van der Waals surface area contributed by atoms with E-state index < -0.39 is 5.97 Å². The Hall–Kier alpha value is -2.08. The van der Waals surface area contributed by atoms with Crippen molar-refractivity contribution in [1.82, 2.24) is 4.98 Å². The van der Waals surface area contributed by atoms with Gasteiger partial charge in [-0.3, -0.25) is 0 Å². The first-order chi connectivity index (χ1) is 8.99. The molecule has 0 aliphatic rings. The first-order valence-corrected chi connectivity index (χ1v) is 6.20. The van der Waals surface area contributed by atoms with Gasteiger partial charge in [-0.05, 0) is 30.7 Å². The van der Waals surface area contributed by atoms with Gasteiger partial charge in [-0.1, -0.05) is 22.0 Å². The zero-order valence-electron chi connectivity index (χ0n) is 10.1. The lowest BCUT2D eigenvalue weighted by Crippen LogP contribution is -2.05. The number of rotatable bonds is 3. The molecule has 2 aromatic rings. The third-order valence-corrected chi connectivity index (χ3v) is 3.03. The van der Waals surface area contributed by atoms with Crippen LogP contribution in [0.1, 0.15) is 15.9 Å². The van der Waals surface area contributed by atoms with Crippen molar-refractivity contribution in [1.29, 1.82) is 0 Å². The maximum atomic E-state index is 11.0. The number of benzene rings is 1. The van der Waals surface area contributed by atoms with E-state index in [0.717, 1.165) is 10.0 Å². The minimum atomic E-state index is -1.12. The number of hydrogen-bond acceptors (Lipinski definition) is 4. The van der Waals surface area contributed by atoms with Crippen molar-refractivity contribution < 1.29 is 14.6 Å². The summed E-state index contributed by atoms with van der Waals surface area (Å²) in [4.78, 5) is 14.9. The van der Waals surface area contributed by atoms with Crippen LogP contribution in [-0.2, 0) is 0 Å². The molecular formula is C13H11BrN2O3. The zero-order valence-corrected chi connectivity index (χ0v) is 11.6. The molecule has 1 aromatic carbocycles. The number of carboxylic acid groups (broad SMARTS) is 1. The van der Waals surface area contributed by atoms with Crippen LogP contribution in [0.15, 0.2) is 34.9 Å². The van der Waals surface area contributed by atoms with Gasteiger partial charge in [-0.15, -0.1) is 0 Å². The maximum absolute atomic E-state index is 11.0. The monoisotopic (exact) mass is 322 g/mol. The number of aromatic carboxylic acids is 1. The van der Waals surface area contributed by atoms with Crippen LogP contribution in [0.4, 0.5) is 5.69 Å². The number of carboxylic acids is 1. The fourth-order valence-electron chi connectivity index (χ4n) is 1.51. The molecule has 1 aromatic heterocycles. The van der Waals surface area contributed by atoms with E-state index >= 15 is 0 Å². The molecule has 19 heavy (non-hydrogen) atoms. The molecule has 0 amide bonds. The summed E-state index contributed by atoms with van der Waals surface area (Å²) in [5.74, 6) is -0.465. The summed E-state index contributed by atoms with van der Waals surface area (Å²) in [5, 5.41) is 8.98. The summed E-state index contributed by atoms with van der Waals surface area (Å²) >= 11 is 3.34. The second kappa shape index (κ2) is 5.27. The van der Waals surface area contributed by atoms with E-state index in [4.69, 9.17) is 15.6 Å². The molecule has 6 heteroatoms. The fourth-order valence-corrected chi connectivity index (χ4v) is 1.85. The molecular weight excluding hydrogens is 312 g/mol. The SMILES string of the molecule is Cc1ccc(Br)cc1Oc1nccc(C(=O)O)c1N.